The van der Waals surface area contributed by atoms with Gasteiger partial charge in [-0.15, -0.1) is 11.6 Å². The van der Waals surface area contributed by atoms with E-state index in [4.69, 9.17) is 17.3 Å². The van der Waals surface area contributed by atoms with Crippen LogP contribution in [0.5, 0.6) is 0 Å². The zero-order chi connectivity index (χ0) is 10.1. The van der Waals surface area contributed by atoms with Crippen LogP contribution in [0.25, 0.3) is 0 Å². The highest BCUT2D eigenvalue weighted by molar-refractivity contribution is 6.24. The molecule has 0 aromatic rings. The molecule has 4 nitrogen and oxygen atoms in total. The maximum atomic E-state index is 6.25. The van der Waals surface area contributed by atoms with Crippen LogP contribution in [-0.4, -0.2) is 25.5 Å². The molecule has 5 N–H and O–H groups in total. The van der Waals surface area contributed by atoms with E-state index in [2.05, 4.69) is 16.0 Å². The number of rotatable bonds is 1. The van der Waals surface area contributed by atoms with Crippen LogP contribution in [0, 0.1) is 0 Å². The van der Waals surface area contributed by atoms with E-state index in [0.717, 1.165) is 25.3 Å². The molecule has 2 aliphatic heterocycles. The average Bonchev–Trinajstić information content (AvgIpc) is 2.23. The number of dihydropyridines is 1. The van der Waals surface area contributed by atoms with Crippen LogP contribution in [0.2, 0.25) is 0 Å². The van der Waals surface area contributed by atoms with E-state index in [1.54, 1.807) is 0 Å². The van der Waals surface area contributed by atoms with E-state index in [0.29, 0.717) is 5.70 Å². The fraction of sp³-hybridized carbons (Fsp3) is 0.556. The number of allylic oxidation sites excluding steroid dienone is 1. The van der Waals surface area contributed by atoms with Crippen molar-refractivity contribution in [2.75, 3.05) is 20.1 Å². The molecule has 0 spiro atoms. The van der Waals surface area contributed by atoms with E-state index in [-0.39, 0.29) is 5.38 Å². The van der Waals surface area contributed by atoms with Gasteiger partial charge in [-0.1, -0.05) is 0 Å². The maximum absolute atomic E-state index is 6.25. The molecule has 0 aromatic heterocycles. The van der Waals surface area contributed by atoms with Crippen molar-refractivity contribution < 1.29 is 0 Å². The third-order valence-corrected chi connectivity index (χ3v) is 3.15. The molecule has 78 valence electrons. The fourth-order valence-corrected chi connectivity index (χ4v) is 2.15. The lowest BCUT2D eigenvalue weighted by Crippen LogP contribution is -2.42. The molecule has 0 aliphatic carbocycles. The van der Waals surface area contributed by atoms with Crippen molar-refractivity contribution in [2.24, 2.45) is 5.73 Å². The van der Waals surface area contributed by atoms with Gasteiger partial charge >= 0.3 is 0 Å². The summed E-state index contributed by atoms with van der Waals surface area (Å²) in [5.41, 5.74) is 8.96. The van der Waals surface area contributed by atoms with Crippen LogP contribution in [0.1, 0.15) is 6.42 Å². The minimum Gasteiger partial charge on any atom is -0.398 e. The molecular formula is C9H15ClN4. The minimum absolute atomic E-state index is 0.179. The van der Waals surface area contributed by atoms with Gasteiger partial charge in [0.2, 0.25) is 0 Å². The van der Waals surface area contributed by atoms with Crippen LogP contribution < -0.4 is 21.7 Å². The molecule has 0 radical (unpaired) electrons. The summed E-state index contributed by atoms with van der Waals surface area (Å²) in [5, 5.41) is 9.41. The molecule has 0 saturated carbocycles. The second kappa shape index (κ2) is 3.71. The molecule has 1 atom stereocenters. The molecule has 0 saturated heterocycles. The molecule has 0 bridgehead atoms. The summed E-state index contributed by atoms with van der Waals surface area (Å²) in [7, 11) is 1.84. The standard InChI is InChI=1S/C9H15ClN4/c1-12-9-8(11)7(10)5-4-13-3-2-6(5)14-9/h7,12-14H,2-4,11H2,1H3. The number of nitrogens with two attached hydrogens (primary N) is 1. The molecule has 0 aromatic carbocycles. The minimum atomic E-state index is -0.179. The lowest BCUT2D eigenvalue weighted by atomic mass is 9.99. The van der Waals surface area contributed by atoms with Crippen molar-refractivity contribution in [3.63, 3.8) is 0 Å². The number of alkyl halides is 1. The summed E-state index contributed by atoms with van der Waals surface area (Å²) >= 11 is 6.25. The number of halogens is 1. The van der Waals surface area contributed by atoms with Gasteiger partial charge in [0.15, 0.2) is 0 Å². The third-order valence-electron chi connectivity index (χ3n) is 2.65. The Bertz CT molecular complexity index is 308. The van der Waals surface area contributed by atoms with Crippen molar-refractivity contribution in [3.8, 4) is 0 Å². The van der Waals surface area contributed by atoms with E-state index >= 15 is 0 Å². The molecule has 0 fully saturated rings. The van der Waals surface area contributed by atoms with Crippen LogP contribution >= 0.6 is 11.6 Å². The second-order valence-electron chi connectivity index (χ2n) is 3.50. The van der Waals surface area contributed by atoms with Crippen molar-refractivity contribution in [1.29, 1.82) is 0 Å². The number of nitrogens with one attached hydrogen (secondary N) is 3. The van der Waals surface area contributed by atoms with Gasteiger partial charge in [-0.25, -0.2) is 0 Å². The molecule has 2 rings (SSSR count). The molecule has 1 unspecified atom stereocenters. The van der Waals surface area contributed by atoms with Crippen molar-refractivity contribution in [1.82, 2.24) is 16.0 Å². The Hall–Kier alpha value is -0.870. The van der Waals surface area contributed by atoms with Crippen molar-refractivity contribution in [2.45, 2.75) is 11.8 Å². The summed E-state index contributed by atoms with van der Waals surface area (Å²) in [4.78, 5) is 0. The average molecular weight is 215 g/mol. The molecular weight excluding hydrogens is 200 g/mol. The van der Waals surface area contributed by atoms with Gasteiger partial charge in [0.25, 0.3) is 0 Å². The Morgan fingerprint density at radius 3 is 3.07 bits per heavy atom. The first-order valence-electron chi connectivity index (χ1n) is 4.75. The normalized spacial score (nSPS) is 27.1. The topological polar surface area (TPSA) is 62.1 Å². The van der Waals surface area contributed by atoms with Crippen LogP contribution in [0.15, 0.2) is 22.8 Å². The van der Waals surface area contributed by atoms with Gasteiger partial charge in [0, 0.05) is 32.3 Å². The van der Waals surface area contributed by atoms with Gasteiger partial charge in [0.1, 0.15) is 11.2 Å². The molecule has 0 amide bonds. The summed E-state index contributed by atoms with van der Waals surface area (Å²) in [6, 6.07) is 0. The van der Waals surface area contributed by atoms with E-state index in [1.165, 1.54) is 11.3 Å². The number of hydrogen-bond acceptors (Lipinski definition) is 4. The van der Waals surface area contributed by atoms with Crippen molar-refractivity contribution in [3.05, 3.63) is 22.8 Å². The second-order valence-corrected chi connectivity index (χ2v) is 3.93. The third kappa shape index (κ3) is 1.44. The van der Waals surface area contributed by atoms with Crippen molar-refractivity contribution >= 4 is 11.6 Å². The summed E-state index contributed by atoms with van der Waals surface area (Å²) < 4.78 is 0. The first-order valence-corrected chi connectivity index (χ1v) is 5.18. The van der Waals surface area contributed by atoms with Gasteiger partial charge < -0.3 is 21.7 Å². The van der Waals surface area contributed by atoms with Crippen LogP contribution in [-0.2, 0) is 0 Å². The summed E-state index contributed by atoms with van der Waals surface area (Å²) in [6.07, 6.45) is 0.983. The number of hydrogen-bond donors (Lipinski definition) is 4. The summed E-state index contributed by atoms with van der Waals surface area (Å²) in [5.74, 6) is 0.839. The van der Waals surface area contributed by atoms with Gasteiger partial charge in [-0.3, -0.25) is 0 Å². The SMILES string of the molecule is CNC1=C(N)C(Cl)C2=C(CCNC2)N1. The quantitative estimate of drug-likeness (QED) is 0.457. The highest BCUT2D eigenvalue weighted by atomic mass is 35.5. The zero-order valence-corrected chi connectivity index (χ0v) is 8.91. The molecule has 14 heavy (non-hydrogen) atoms. The lowest BCUT2D eigenvalue weighted by molar-refractivity contribution is 0.604. The monoisotopic (exact) mass is 214 g/mol. The van der Waals surface area contributed by atoms with Gasteiger partial charge in [-0.05, 0) is 5.57 Å². The van der Waals surface area contributed by atoms with Crippen LogP contribution in [0.3, 0.4) is 0 Å². The fourth-order valence-electron chi connectivity index (χ4n) is 1.83. The Morgan fingerprint density at radius 1 is 1.57 bits per heavy atom. The lowest BCUT2D eigenvalue weighted by Gasteiger charge is -2.32. The highest BCUT2D eigenvalue weighted by Gasteiger charge is 2.27. The maximum Gasteiger partial charge on any atom is 0.124 e. The van der Waals surface area contributed by atoms with E-state index in [9.17, 15) is 0 Å². The Kier molecular flexibility index (Phi) is 2.56. The smallest absolute Gasteiger partial charge is 0.124 e. The van der Waals surface area contributed by atoms with Gasteiger partial charge in [0.05, 0.1) is 5.70 Å². The molecule has 5 heteroatoms. The Morgan fingerprint density at radius 2 is 2.36 bits per heavy atom. The first-order chi connectivity index (χ1) is 6.74. The predicted octanol–water partition coefficient (Wildman–Crippen LogP) is -0.208. The zero-order valence-electron chi connectivity index (χ0n) is 8.15. The molecule has 2 heterocycles. The summed E-state index contributed by atoms with van der Waals surface area (Å²) in [6.45, 7) is 1.82. The Balaban J connectivity index is 2.29. The predicted molar refractivity (Wildman–Crippen MR) is 57.6 cm³/mol. The van der Waals surface area contributed by atoms with E-state index < -0.39 is 0 Å². The molecule has 2 aliphatic rings. The first kappa shape index (κ1) is 9.68. The largest absolute Gasteiger partial charge is 0.398 e. The van der Waals surface area contributed by atoms with E-state index in [1.807, 2.05) is 7.05 Å². The highest BCUT2D eigenvalue weighted by Crippen LogP contribution is 2.26. The Labute approximate surface area is 88.6 Å². The van der Waals surface area contributed by atoms with Crippen LogP contribution in [0.4, 0.5) is 0 Å². The van der Waals surface area contributed by atoms with Gasteiger partial charge in [-0.2, -0.15) is 0 Å².